The van der Waals surface area contributed by atoms with Gasteiger partial charge in [-0.3, -0.25) is 4.79 Å². The molecule has 122 valence electrons. The summed E-state index contributed by atoms with van der Waals surface area (Å²) in [5.41, 5.74) is 5.45. The van der Waals surface area contributed by atoms with Crippen molar-refractivity contribution in [3.8, 4) is 5.69 Å². The monoisotopic (exact) mass is 324 g/mol. The molecule has 3 N–H and O–H groups in total. The Kier molecular flexibility index (Phi) is 3.63. The van der Waals surface area contributed by atoms with Gasteiger partial charge in [0.1, 0.15) is 0 Å². The Balaban J connectivity index is 1.65. The Labute approximate surface area is 130 Å². The largest absolute Gasteiger partial charge is 0.435 e. The number of amides is 1. The zero-order valence-corrected chi connectivity index (χ0v) is 12.1. The van der Waals surface area contributed by atoms with Crippen LogP contribution in [0.4, 0.5) is 13.2 Å². The van der Waals surface area contributed by atoms with Crippen LogP contribution in [0.5, 0.6) is 0 Å². The molecule has 0 bridgehead atoms. The third kappa shape index (κ3) is 3.37. The molecule has 0 spiro atoms. The lowest BCUT2D eigenvalue weighted by molar-refractivity contribution is -0.141. The third-order valence-electron chi connectivity index (χ3n) is 3.77. The van der Waals surface area contributed by atoms with E-state index in [0.29, 0.717) is 25.1 Å². The van der Waals surface area contributed by atoms with E-state index in [0.717, 1.165) is 16.3 Å². The third-order valence-corrected chi connectivity index (χ3v) is 3.77. The van der Waals surface area contributed by atoms with E-state index in [2.05, 4.69) is 10.4 Å². The van der Waals surface area contributed by atoms with Crippen molar-refractivity contribution < 1.29 is 18.0 Å². The van der Waals surface area contributed by atoms with Gasteiger partial charge in [0, 0.05) is 12.7 Å². The van der Waals surface area contributed by atoms with Gasteiger partial charge in [-0.1, -0.05) is 12.1 Å². The Morgan fingerprint density at radius 1 is 1.26 bits per heavy atom. The highest BCUT2D eigenvalue weighted by Gasteiger charge is 2.45. The second-order valence-corrected chi connectivity index (χ2v) is 5.65. The van der Waals surface area contributed by atoms with Gasteiger partial charge >= 0.3 is 6.18 Å². The topological polar surface area (TPSA) is 72.9 Å². The molecule has 1 aromatic heterocycles. The molecule has 8 heteroatoms. The number of rotatable bonds is 4. The molecule has 1 aromatic carbocycles. The zero-order valence-electron chi connectivity index (χ0n) is 12.1. The molecule has 1 aliphatic rings. The highest BCUT2D eigenvalue weighted by molar-refractivity contribution is 5.88. The first-order chi connectivity index (χ1) is 10.8. The molecule has 1 heterocycles. The van der Waals surface area contributed by atoms with E-state index in [1.807, 2.05) is 0 Å². The van der Waals surface area contributed by atoms with Crippen molar-refractivity contribution in [1.82, 2.24) is 15.1 Å². The molecule has 0 aliphatic heterocycles. The number of carbonyl (C=O) groups is 1. The predicted molar refractivity (Wildman–Crippen MR) is 76.6 cm³/mol. The van der Waals surface area contributed by atoms with Crippen molar-refractivity contribution in [3.05, 3.63) is 47.8 Å². The maximum atomic E-state index is 12.5. The van der Waals surface area contributed by atoms with Crippen LogP contribution >= 0.6 is 0 Å². The van der Waals surface area contributed by atoms with Gasteiger partial charge in [0.2, 0.25) is 5.91 Å². The van der Waals surface area contributed by atoms with Crippen molar-refractivity contribution in [2.45, 2.75) is 31.1 Å². The van der Waals surface area contributed by atoms with Crippen LogP contribution in [0.25, 0.3) is 5.69 Å². The van der Waals surface area contributed by atoms with E-state index >= 15 is 0 Å². The van der Waals surface area contributed by atoms with E-state index in [1.54, 1.807) is 24.3 Å². The summed E-state index contributed by atoms with van der Waals surface area (Å²) in [7, 11) is 0. The highest BCUT2D eigenvalue weighted by Crippen LogP contribution is 2.32. The maximum absolute atomic E-state index is 12.5. The van der Waals surface area contributed by atoms with Gasteiger partial charge in [-0.05, 0) is 36.6 Å². The quantitative estimate of drug-likeness (QED) is 0.903. The Hall–Kier alpha value is -2.35. The summed E-state index contributed by atoms with van der Waals surface area (Å²) >= 11 is 0. The van der Waals surface area contributed by atoms with Crippen molar-refractivity contribution in [3.63, 3.8) is 0 Å². The normalized spacial score (nSPS) is 16.2. The van der Waals surface area contributed by atoms with Gasteiger partial charge in [0.25, 0.3) is 0 Å². The van der Waals surface area contributed by atoms with E-state index in [9.17, 15) is 18.0 Å². The van der Waals surface area contributed by atoms with Crippen LogP contribution in [0, 0.1) is 0 Å². The minimum atomic E-state index is -4.46. The van der Waals surface area contributed by atoms with Gasteiger partial charge in [0.15, 0.2) is 5.69 Å². The Morgan fingerprint density at radius 2 is 1.91 bits per heavy atom. The number of nitrogens with zero attached hydrogens (tertiary/aromatic N) is 2. The lowest BCUT2D eigenvalue weighted by atomic mass is 10.2. The smallest absolute Gasteiger partial charge is 0.350 e. The zero-order chi connectivity index (χ0) is 16.7. The number of hydrogen-bond acceptors (Lipinski definition) is 3. The van der Waals surface area contributed by atoms with Gasteiger partial charge in [-0.15, -0.1) is 0 Å². The van der Waals surface area contributed by atoms with Crippen LogP contribution < -0.4 is 11.1 Å². The maximum Gasteiger partial charge on any atom is 0.435 e. The molecule has 5 nitrogen and oxygen atoms in total. The molecule has 0 radical (unpaired) electrons. The van der Waals surface area contributed by atoms with Crippen LogP contribution in [-0.4, -0.2) is 21.2 Å². The number of benzene rings is 1. The molecular formula is C15H15F3N4O. The molecule has 0 atom stereocenters. The summed E-state index contributed by atoms with van der Waals surface area (Å²) in [6.07, 6.45) is -1.82. The first-order valence-corrected chi connectivity index (χ1v) is 7.07. The average molecular weight is 324 g/mol. The summed E-state index contributed by atoms with van der Waals surface area (Å²) in [5.74, 6) is -0.177. The molecule has 0 unspecified atom stereocenters. The predicted octanol–water partition coefficient (Wildman–Crippen LogP) is 2.00. The lowest BCUT2D eigenvalue weighted by Crippen LogP contribution is -2.42. The molecule has 23 heavy (non-hydrogen) atoms. The molecular weight excluding hydrogens is 309 g/mol. The molecule has 1 saturated carbocycles. The Bertz CT molecular complexity index is 717. The number of aromatic nitrogens is 2. The summed E-state index contributed by atoms with van der Waals surface area (Å²) in [4.78, 5) is 11.7. The SMILES string of the molecule is NC1(C(=O)NCc2ccc(-n3ccc(C(F)(F)F)n3)cc2)CC1. The Morgan fingerprint density at radius 3 is 2.43 bits per heavy atom. The minimum absolute atomic E-state index is 0.177. The number of hydrogen-bond donors (Lipinski definition) is 2. The van der Waals surface area contributed by atoms with E-state index in [1.165, 1.54) is 6.20 Å². The van der Waals surface area contributed by atoms with Gasteiger partial charge in [-0.2, -0.15) is 18.3 Å². The number of nitrogens with one attached hydrogen (secondary N) is 1. The van der Waals surface area contributed by atoms with Crippen molar-refractivity contribution >= 4 is 5.91 Å². The molecule has 1 aliphatic carbocycles. The van der Waals surface area contributed by atoms with E-state index < -0.39 is 17.4 Å². The summed E-state index contributed by atoms with van der Waals surface area (Å²) in [5, 5.41) is 6.25. The minimum Gasteiger partial charge on any atom is -0.350 e. The van der Waals surface area contributed by atoms with Crippen LogP contribution in [0.3, 0.4) is 0 Å². The van der Waals surface area contributed by atoms with Gasteiger partial charge < -0.3 is 11.1 Å². The van der Waals surface area contributed by atoms with Crippen LogP contribution in [0.1, 0.15) is 24.1 Å². The molecule has 3 rings (SSSR count). The van der Waals surface area contributed by atoms with Crippen LogP contribution in [-0.2, 0) is 17.5 Å². The number of nitrogens with two attached hydrogens (primary N) is 1. The number of alkyl halides is 3. The second-order valence-electron chi connectivity index (χ2n) is 5.65. The van der Waals surface area contributed by atoms with Crippen molar-refractivity contribution in [2.24, 2.45) is 5.73 Å². The fourth-order valence-electron chi connectivity index (χ4n) is 2.11. The number of carbonyl (C=O) groups excluding carboxylic acids is 1. The van der Waals surface area contributed by atoms with Gasteiger partial charge in [0.05, 0.1) is 11.2 Å². The average Bonchev–Trinajstić information content (AvgIpc) is 3.06. The summed E-state index contributed by atoms with van der Waals surface area (Å²) in [6, 6.07) is 7.65. The van der Waals surface area contributed by atoms with Crippen LogP contribution in [0.2, 0.25) is 0 Å². The van der Waals surface area contributed by atoms with Crippen molar-refractivity contribution in [1.29, 1.82) is 0 Å². The fraction of sp³-hybridized carbons (Fsp3) is 0.333. The first kappa shape index (κ1) is 15.5. The summed E-state index contributed by atoms with van der Waals surface area (Å²) < 4.78 is 38.8. The van der Waals surface area contributed by atoms with Crippen LogP contribution in [0.15, 0.2) is 36.5 Å². The fourth-order valence-corrected chi connectivity index (χ4v) is 2.11. The first-order valence-electron chi connectivity index (χ1n) is 7.07. The standard InChI is InChI=1S/C15H15F3N4O/c16-15(17,18)12-5-8-22(21-12)11-3-1-10(2-4-11)9-20-13(23)14(19)6-7-14/h1-5,8H,6-7,9,19H2,(H,20,23). The highest BCUT2D eigenvalue weighted by atomic mass is 19.4. The molecule has 1 amide bonds. The van der Waals surface area contributed by atoms with Crippen molar-refractivity contribution in [2.75, 3.05) is 0 Å². The number of halogens is 3. The molecule has 0 saturated heterocycles. The summed E-state index contributed by atoms with van der Waals surface area (Å²) in [6.45, 7) is 0.324. The molecule has 1 fully saturated rings. The molecule has 2 aromatic rings. The van der Waals surface area contributed by atoms with Gasteiger partial charge in [-0.25, -0.2) is 4.68 Å². The lowest BCUT2D eigenvalue weighted by Gasteiger charge is -2.10. The second kappa shape index (κ2) is 5.38. The van der Waals surface area contributed by atoms with E-state index in [-0.39, 0.29) is 5.91 Å². The van der Waals surface area contributed by atoms with E-state index in [4.69, 9.17) is 5.73 Å².